The van der Waals surface area contributed by atoms with Crippen molar-refractivity contribution in [2.45, 2.75) is 151 Å². The lowest BCUT2D eigenvalue weighted by molar-refractivity contribution is 0.122. The summed E-state index contributed by atoms with van der Waals surface area (Å²) in [6.07, 6.45) is 15.9. The van der Waals surface area contributed by atoms with Crippen LogP contribution in [0.25, 0.3) is 0 Å². The molecule has 0 saturated heterocycles. The molecule has 0 saturated carbocycles. The lowest BCUT2D eigenvalue weighted by Crippen LogP contribution is -2.35. The van der Waals surface area contributed by atoms with Crippen LogP contribution in [0.3, 0.4) is 0 Å². The van der Waals surface area contributed by atoms with Crippen LogP contribution in [0.15, 0.2) is 0 Å². The minimum Gasteiger partial charge on any atom is -0.493 e. The molecular weight excluding hydrogens is 452 g/mol. The van der Waals surface area contributed by atoms with Crippen LogP contribution in [0.5, 0.6) is 11.5 Å². The first-order valence-electron chi connectivity index (χ1n) is 15.5. The molecule has 1 aromatic rings. The van der Waals surface area contributed by atoms with Crippen LogP contribution in [0.1, 0.15) is 141 Å². The van der Waals surface area contributed by atoms with E-state index in [0.29, 0.717) is 5.92 Å². The first kappa shape index (κ1) is 31.6. The van der Waals surface area contributed by atoms with Crippen molar-refractivity contribution in [3.05, 3.63) is 22.3 Å². The second-order valence-corrected chi connectivity index (χ2v) is 12.7. The molecule has 1 heterocycles. The number of unbranched alkanes of at least 4 members (excludes halogenated alkanes) is 3. The van der Waals surface area contributed by atoms with Gasteiger partial charge in [-0.05, 0) is 81.4 Å². The van der Waals surface area contributed by atoms with Gasteiger partial charge in [0.25, 0.3) is 0 Å². The smallest absolute Gasteiger partial charge is 0.166 e. The molecule has 3 unspecified atom stereocenters. The zero-order valence-corrected chi connectivity index (χ0v) is 25.9. The molecule has 0 bridgehead atoms. The minimum absolute atomic E-state index is 0.399. The Morgan fingerprint density at radius 3 is 2.19 bits per heavy atom. The van der Waals surface area contributed by atoms with Gasteiger partial charge in [-0.25, -0.2) is 0 Å². The maximum Gasteiger partial charge on any atom is 0.166 e. The summed E-state index contributed by atoms with van der Waals surface area (Å²) in [4.78, 5) is 0. The van der Waals surface area contributed by atoms with Crippen LogP contribution in [0.2, 0.25) is 0 Å². The molecule has 0 N–H and O–H groups in total. The van der Waals surface area contributed by atoms with Crippen molar-refractivity contribution in [3.8, 4) is 23.3 Å². The van der Waals surface area contributed by atoms with Crippen molar-refractivity contribution in [1.82, 2.24) is 0 Å². The van der Waals surface area contributed by atoms with E-state index in [9.17, 15) is 0 Å². The molecule has 0 fully saturated rings. The average Bonchev–Trinajstić information content (AvgIpc) is 2.84. The highest BCUT2D eigenvalue weighted by atomic mass is 16.5. The molecular formula is C35H58O2. The highest BCUT2D eigenvalue weighted by Gasteiger charge is 2.33. The summed E-state index contributed by atoms with van der Waals surface area (Å²) >= 11 is 0. The molecule has 1 aromatic carbocycles. The number of fused-ring (bicyclic) bond motifs is 1. The highest BCUT2D eigenvalue weighted by Crippen LogP contribution is 2.43. The third kappa shape index (κ3) is 10.2. The molecule has 0 spiro atoms. The largest absolute Gasteiger partial charge is 0.493 e. The van der Waals surface area contributed by atoms with Crippen LogP contribution in [-0.2, 0) is 6.42 Å². The Bertz CT molecular complexity index is 887. The Morgan fingerprint density at radius 2 is 1.51 bits per heavy atom. The SMILES string of the molecule is CCCCCCOc1c(C)c(C)c2c(c1C)CCC(C)(C#CCC(C)CCCC(C)CCCC(C)C)O2. The highest BCUT2D eigenvalue weighted by molar-refractivity contribution is 5.59. The fourth-order valence-electron chi connectivity index (χ4n) is 5.59. The molecule has 1 aliphatic heterocycles. The monoisotopic (exact) mass is 510 g/mol. The predicted molar refractivity (Wildman–Crippen MR) is 161 cm³/mol. The Hall–Kier alpha value is -1.62. The van der Waals surface area contributed by atoms with Crippen LogP contribution in [-0.4, -0.2) is 12.2 Å². The van der Waals surface area contributed by atoms with E-state index in [1.54, 1.807) is 0 Å². The molecule has 37 heavy (non-hydrogen) atoms. The molecule has 210 valence electrons. The molecule has 0 amide bonds. The van der Waals surface area contributed by atoms with E-state index in [2.05, 4.69) is 74.2 Å². The number of hydrogen-bond donors (Lipinski definition) is 0. The van der Waals surface area contributed by atoms with Crippen LogP contribution in [0, 0.1) is 50.4 Å². The number of rotatable bonds is 15. The van der Waals surface area contributed by atoms with E-state index in [-0.39, 0.29) is 0 Å². The normalized spacial score (nSPS) is 18.5. The van der Waals surface area contributed by atoms with Gasteiger partial charge in [0.15, 0.2) is 5.60 Å². The zero-order valence-electron chi connectivity index (χ0n) is 25.9. The lowest BCUT2D eigenvalue weighted by atomic mass is 9.87. The van der Waals surface area contributed by atoms with Gasteiger partial charge in [0.2, 0.25) is 0 Å². The van der Waals surface area contributed by atoms with E-state index < -0.39 is 5.60 Å². The molecule has 2 nitrogen and oxygen atoms in total. The number of benzene rings is 1. The zero-order chi connectivity index (χ0) is 27.4. The first-order chi connectivity index (χ1) is 17.6. The lowest BCUT2D eigenvalue weighted by Gasteiger charge is -2.35. The van der Waals surface area contributed by atoms with Crippen molar-refractivity contribution in [2.24, 2.45) is 17.8 Å². The summed E-state index contributed by atoms with van der Waals surface area (Å²) in [5, 5.41) is 0. The van der Waals surface area contributed by atoms with Crippen molar-refractivity contribution in [2.75, 3.05) is 6.61 Å². The average molecular weight is 511 g/mol. The second-order valence-electron chi connectivity index (χ2n) is 12.7. The third-order valence-electron chi connectivity index (χ3n) is 8.41. The van der Waals surface area contributed by atoms with Gasteiger partial charge in [-0.1, -0.05) is 97.8 Å². The molecule has 0 radical (unpaired) electrons. The van der Waals surface area contributed by atoms with Crippen molar-refractivity contribution < 1.29 is 9.47 Å². The van der Waals surface area contributed by atoms with Crippen LogP contribution < -0.4 is 9.47 Å². The second kappa shape index (κ2) is 15.7. The summed E-state index contributed by atoms with van der Waals surface area (Å²) in [5.41, 5.74) is 4.62. The van der Waals surface area contributed by atoms with Crippen molar-refractivity contribution >= 4 is 0 Å². The third-order valence-corrected chi connectivity index (χ3v) is 8.41. The fraction of sp³-hybridized carbons (Fsp3) is 0.771. The van der Waals surface area contributed by atoms with E-state index in [4.69, 9.17) is 9.47 Å². The Labute approximate surface area is 230 Å². The predicted octanol–water partition coefficient (Wildman–Crippen LogP) is 10.3. The van der Waals surface area contributed by atoms with Gasteiger partial charge < -0.3 is 9.47 Å². The topological polar surface area (TPSA) is 18.5 Å². The van der Waals surface area contributed by atoms with Gasteiger partial charge in [-0.3, -0.25) is 0 Å². The number of ether oxygens (including phenoxy) is 2. The van der Waals surface area contributed by atoms with E-state index in [1.807, 2.05) is 0 Å². The Balaban J connectivity index is 1.89. The summed E-state index contributed by atoms with van der Waals surface area (Å²) in [5.74, 6) is 11.5. The molecule has 2 heteroatoms. The van der Waals surface area contributed by atoms with Gasteiger partial charge in [-0.15, -0.1) is 0 Å². The molecule has 3 atom stereocenters. The summed E-state index contributed by atoms with van der Waals surface area (Å²) in [6.45, 7) is 21.2. The van der Waals surface area contributed by atoms with E-state index >= 15 is 0 Å². The van der Waals surface area contributed by atoms with Gasteiger partial charge in [-0.2, -0.15) is 0 Å². The first-order valence-corrected chi connectivity index (χ1v) is 15.5. The Kier molecular flexibility index (Phi) is 13.4. The molecule has 0 aliphatic carbocycles. The van der Waals surface area contributed by atoms with Gasteiger partial charge >= 0.3 is 0 Å². The maximum atomic E-state index is 6.64. The van der Waals surface area contributed by atoms with Gasteiger partial charge in [0.1, 0.15) is 11.5 Å². The quantitative estimate of drug-likeness (QED) is 0.172. The summed E-state index contributed by atoms with van der Waals surface area (Å²) < 4.78 is 12.9. The standard InChI is InChI=1S/C35H58O2/c1-10-11-12-13-25-36-33-29(6)30(7)34-32(31(33)8)22-24-35(9,37-34)23-16-21-28(5)20-15-19-27(4)18-14-17-26(2)3/h26-28H,10-15,17-22,24-25H2,1-9H3. The van der Waals surface area contributed by atoms with E-state index in [0.717, 1.165) is 55.6 Å². The maximum absolute atomic E-state index is 6.64. The van der Waals surface area contributed by atoms with Gasteiger partial charge in [0, 0.05) is 18.4 Å². The minimum atomic E-state index is -0.399. The summed E-state index contributed by atoms with van der Waals surface area (Å²) in [6, 6.07) is 0. The van der Waals surface area contributed by atoms with Gasteiger partial charge in [0.05, 0.1) is 6.61 Å². The van der Waals surface area contributed by atoms with Crippen LogP contribution in [0.4, 0.5) is 0 Å². The van der Waals surface area contributed by atoms with Crippen molar-refractivity contribution in [3.63, 3.8) is 0 Å². The Morgan fingerprint density at radius 1 is 0.838 bits per heavy atom. The number of hydrogen-bond acceptors (Lipinski definition) is 2. The molecule has 0 aromatic heterocycles. The summed E-state index contributed by atoms with van der Waals surface area (Å²) in [7, 11) is 0. The van der Waals surface area contributed by atoms with E-state index in [1.165, 1.54) is 80.0 Å². The van der Waals surface area contributed by atoms with Crippen molar-refractivity contribution in [1.29, 1.82) is 0 Å². The molecule has 2 rings (SSSR count). The van der Waals surface area contributed by atoms with Crippen LogP contribution >= 0.6 is 0 Å². The molecule has 1 aliphatic rings. The fourth-order valence-corrected chi connectivity index (χ4v) is 5.59.